The monoisotopic (exact) mass is 377 g/mol. The number of rotatable bonds is 6. The van der Waals surface area contributed by atoms with Gasteiger partial charge in [0.25, 0.3) is 5.22 Å². The molecular weight excluding hydrogens is 364 g/mol. The van der Waals surface area contributed by atoms with Gasteiger partial charge in [-0.1, -0.05) is 17.8 Å². The molecule has 134 valence electrons. The lowest BCUT2D eigenvalue weighted by molar-refractivity contribution is -0.113. The first-order valence-electron chi connectivity index (χ1n) is 7.41. The second-order valence-corrected chi connectivity index (χ2v) is 5.99. The molecule has 3 aromatic rings. The highest BCUT2D eigenvalue weighted by molar-refractivity contribution is 7.99. The lowest BCUT2D eigenvalue weighted by Crippen LogP contribution is -2.15. The topological polar surface area (TPSA) is 77.2 Å². The normalized spacial score (nSPS) is 10.6. The maximum atomic E-state index is 13.5. The van der Waals surface area contributed by atoms with Gasteiger partial charge < -0.3 is 14.5 Å². The van der Waals surface area contributed by atoms with E-state index in [1.807, 2.05) is 0 Å². The van der Waals surface area contributed by atoms with Gasteiger partial charge in [-0.05, 0) is 30.3 Å². The predicted molar refractivity (Wildman–Crippen MR) is 92.0 cm³/mol. The Kier molecular flexibility index (Phi) is 5.47. The molecule has 1 amide bonds. The van der Waals surface area contributed by atoms with Crippen LogP contribution in [0.1, 0.15) is 0 Å². The zero-order valence-corrected chi connectivity index (χ0v) is 14.3. The molecule has 0 aliphatic carbocycles. The SMILES string of the molecule is COc1cccc(-c2nnc(SCC(=O)Nc3ccc(F)cc3F)o2)c1. The summed E-state index contributed by atoms with van der Waals surface area (Å²) in [4.78, 5) is 11.9. The molecule has 0 unspecified atom stereocenters. The number of benzene rings is 2. The molecule has 0 spiro atoms. The van der Waals surface area contributed by atoms with Crippen molar-refractivity contribution in [2.75, 3.05) is 18.2 Å². The number of thioether (sulfide) groups is 1. The van der Waals surface area contributed by atoms with Gasteiger partial charge in [0.1, 0.15) is 17.4 Å². The molecule has 1 heterocycles. The first-order chi connectivity index (χ1) is 12.5. The van der Waals surface area contributed by atoms with Crippen LogP contribution in [0.5, 0.6) is 5.75 Å². The standard InChI is InChI=1S/C17H13F2N3O3S/c1-24-12-4-2-3-10(7-12)16-21-22-17(25-16)26-9-15(23)20-14-6-5-11(18)8-13(14)19/h2-8H,9H2,1H3,(H,20,23). The van der Waals surface area contributed by atoms with E-state index in [1.54, 1.807) is 31.4 Å². The van der Waals surface area contributed by atoms with Crippen molar-refractivity contribution >= 4 is 23.4 Å². The molecule has 2 aromatic carbocycles. The fraction of sp³-hybridized carbons (Fsp3) is 0.118. The summed E-state index contributed by atoms with van der Waals surface area (Å²) in [6.07, 6.45) is 0. The van der Waals surface area contributed by atoms with Crippen LogP contribution in [0.15, 0.2) is 52.1 Å². The number of nitrogens with zero attached hydrogens (tertiary/aromatic N) is 2. The maximum absolute atomic E-state index is 13.5. The molecule has 1 aromatic heterocycles. The molecular formula is C17H13F2N3O3S. The number of ether oxygens (including phenoxy) is 1. The fourth-order valence-corrected chi connectivity index (χ4v) is 2.61. The van der Waals surface area contributed by atoms with Crippen LogP contribution in [0.3, 0.4) is 0 Å². The van der Waals surface area contributed by atoms with Crippen molar-refractivity contribution in [3.05, 3.63) is 54.1 Å². The third kappa shape index (κ3) is 4.37. The first kappa shape index (κ1) is 17.9. The van der Waals surface area contributed by atoms with Crippen molar-refractivity contribution in [1.29, 1.82) is 0 Å². The van der Waals surface area contributed by atoms with E-state index in [9.17, 15) is 13.6 Å². The highest BCUT2D eigenvalue weighted by Gasteiger charge is 2.13. The number of hydrogen-bond acceptors (Lipinski definition) is 6. The van der Waals surface area contributed by atoms with Crippen molar-refractivity contribution in [3.63, 3.8) is 0 Å². The van der Waals surface area contributed by atoms with Gasteiger partial charge in [-0.25, -0.2) is 8.78 Å². The van der Waals surface area contributed by atoms with E-state index in [4.69, 9.17) is 9.15 Å². The first-order valence-corrected chi connectivity index (χ1v) is 8.39. The van der Waals surface area contributed by atoms with Crippen molar-refractivity contribution in [2.45, 2.75) is 5.22 Å². The molecule has 3 rings (SSSR count). The number of methoxy groups -OCH3 is 1. The second-order valence-electron chi connectivity index (χ2n) is 5.07. The minimum absolute atomic E-state index is 0.0729. The largest absolute Gasteiger partial charge is 0.497 e. The highest BCUT2D eigenvalue weighted by Crippen LogP contribution is 2.26. The molecule has 0 bridgehead atoms. The Hall–Kier alpha value is -2.94. The van der Waals surface area contributed by atoms with Gasteiger partial charge in [0.15, 0.2) is 0 Å². The van der Waals surface area contributed by atoms with Gasteiger partial charge in [-0.3, -0.25) is 4.79 Å². The summed E-state index contributed by atoms with van der Waals surface area (Å²) in [5.41, 5.74) is 0.584. The summed E-state index contributed by atoms with van der Waals surface area (Å²) in [6.45, 7) is 0. The average molecular weight is 377 g/mol. The predicted octanol–water partition coefficient (Wildman–Crippen LogP) is 3.75. The smallest absolute Gasteiger partial charge is 0.277 e. The van der Waals surface area contributed by atoms with E-state index < -0.39 is 17.5 Å². The summed E-state index contributed by atoms with van der Waals surface area (Å²) < 4.78 is 37.0. The maximum Gasteiger partial charge on any atom is 0.277 e. The fourth-order valence-electron chi connectivity index (χ4n) is 2.05. The van der Waals surface area contributed by atoms with Crippen molar-refractivity contribution < 1.29 is 22.7 Å². The van der Waals surface area contributed by atoms with Crippen molar-refractivity contribution in [1.82, 2.24) is 10.2 Å². The number of hydrogen-bond donors (Lipinski definition) is 1. The number of carbonyl (C=O) groups excluding carboxylic acids is 1. The van der Waals surface area contributed by atoms with Crippen LogP contribution in [0.2, 0.25) is 0 Å². The third-order valence-corrected chi connectivity index (χ3v) is 4.07. The summed E-state index contributed by atoms with van der Waals surface area (Å²) in [5, 5.41) is 10.3. The average Bonchev–Trinajstić information content (AvgIpc) is 3.11. The van der Waals surface area contributed by atoms with Crippen LogP contribution in [-0.2, 0) is 4.79 Å². The van der Waals surface area contributed by atoms with Crippen LogP contribution in [-0.4, -0.2) is 29.0 Å². The van der Waals surface area contributed by atoms with Gasteiger partial charge in [0.2, 0.25) is 11.8 Å². The van der Waals surface area contributed by atoms with Crippen LogP contribution in [0, 0.1) is 11.6 Å². The van der Waals surface area contributed by atoms with Crippen molar-refractivity contribution in [3.8, 4) is 17.2 Å². The van der Waals surface area contributed by atoms with Crippen LogP contribution in [0.25, 0.3) is 11.5 Å². The molecule has 0 aliphatic rings. The van der Waals surface area contributed by atoms with Crippen LogP contribution >= 0.6 is 11.8 Å². The second kappa shape index (κ2) is 7.96. The van der Waals surface area contributed by atoms with Gasteiger partial charge in [-0.15, -0.1) is 10.2 Å². The lowest BCUT2D eigenvalue weighted by atomic mass is 10.2. The molecule has 0 aliphatic heterocycles. The van der Waals surface area contributed by atoms with E-state index >= 15 is 0 Å². The Morgan fingerprint density at radius 3 is 2.85 bits per heavy atom. The van der Waals surface area contributed by atoms with E-state index in [0.717, 1.165) is 23.9 Å². The Balaban J connectivity index is 1.60. The molecule has 0 saturated carbocycles. The Labute approximate surface area is 151 Å². The molecule has 0 atom stereocenters. The van der Waals surface area contributed by atoms with Crippen LogP contribution < -0.4 is 10.1 Å². The zero-order chi connectivity index (χ0) is 18.5. The number of nitrogens with one attached hydrogen (secondary N) is 1. The molecule has 26 heavy (non-hydrogen) atoms. The Bertz CT molecular complexity index is 933. The molecule has 0 fully saturated rings. The molecule has 6 nitrogen and oxygen atoms in total. The number of anilines is 1. The minimum Gasteiger partial charge on any atom is -0.497 e. The Morgan fingerprint density at radius 2 is 2.08 bits per heavy atom. The number of amides is 1. The molecule has 1 N–H and O–H groups in total. The van der Waals surface area contributed by atoms with Gasteiger partial charge in [0, 0.05) is 11.6 Å². The lowest BCUT2D eigenvalue weighted by Gasteiger charge is -2.05. The van der Waals surface area contributed by atoms with E-state index in [1.165, 1.54) is 0 Å². The zero-order valence-electron chi connectivity index (χ0n) is 13.5. The quantitative estimate of drug-likeness (QED) is 0.659. The number of halogens is 2. The van der Waals surface area contributed by atoms with Crippen molar-refractivity contribution in [2.24, 2.45) is 0 Å². The summed E-state index contributed by atoms with van der Waals surface area (Å²) in [7, 11) is 1.55. The summed E-state index contributed by atoms with van der Waals surface area (Å²) >= 11 is 1.00. The van der Waals surface area contributed by atoms with E-state index in [2.05, 4.69) is 15.5 Å². The minimum atomic E-state index is -0.846. The highest BCUT2D eigenvalue weighted by atomic mass is 32.2. The molecule has 0 radical (unpaired) electrons. The number of carbonyl (C=O) groups is 1. The molecule has 0 saturated heterocycles. The molecule has 9 heteroatoms. The van der Waals surface area contributed by atoms with Gasteiger partial charge >= 0.3 is 0 Å². The Morgan fingerprint density at radius 1 is 1.23 bits per heavy atom. The summed E-state index contributed by atoms with van der Waals surface area (Å²) in [6, 6.07) is 10.0. The summed E-state index contributed by atoms with van der Waals surface area (Å²) in [5.74, 6) is -1.18. The van der Waals surface area contributed by atoms with Gasteiger partial charge in [-0.2, -0.15) is 0 Å². The number of aromatic nitrogens is 2. The van der Waals surface area contributed by atoms with Gasteiger partial charge in [0.05, 0.1) is 18.6 Å². The van der Waals surface area contributed by atoms with E-state index in [-0.39, 0.29) is 22.6 Å². The third-order valence-electron chi connectivity index (χ3n) is 3.26. The van der Waals surface area contributed by atoms with E-state index in [0.29, 0.717) is 17.4 Å². The van der Waals surface area contributed by atoms with Crippen LogP contribution in [0.4, 0.5) is 14.5 Å².